The van der Waals surface area contributed by atoms with Crippen molar-refractivity contribution in [3.63, 3.8) is 0 Å². The SMILES string of the molecule is Cc1ccccc1NC(=O)CSc1nnc2c3c4c(sc3ncn12)C[C@@H](C)CC4. The van der Waals surface area contributed by atoms with Crippen LogP contribution in [0.4, 0.5) is 5.69 Å². The molecule has 0 aliphatic heterocycles. The van der Waals surface area contributed by atoms with Gasteiger partial charge in [-0.3, -0.25) is 9.20 Å². The van der Waals surface area contributed by atoms with E-state index in [1.54, 1.807) is 17.7 Å². The number of thiophene rings is 1. The first kappa shape index (κ1) is 18.6. The lowest BCUT2D eigenvalue weighted by atomic mass is 9.89. The largest absolute Gasteiger partial charge is 0.325 e. The van der Waals surface area contributed by atoms with Crippen LogP contribution < -0.4 is 5.32 Å². The van der Waals surface area contributed by atoms with Gasteiger partial charge in [0.2, 0.25) is 5.91 Å². The summed E-state index contributed by atoms with van der Waals surface area (Å²) in [4.78, 5) is 19.5. The lowest BCUT2D eigenvalue weighted by Crippen LogP contribution is -2.15. The highest BCUT2D eigenvalue weighted by molar-refractivity contribution is 7.99. The normalized spacial score (nSPS) is 16.3. The van der Waals surface area contributed by atoms with Crippen molar-refractivity contribution in [3.8, 4) is 0 Å². The number of para-hydroxylation sites is 1. The Hall–Kier alpha value is -2.45. The summed E-state index contributed by atoms with van der Waals surface area (Å²) in [5.74, 6) is 0.936. The summed E-state index contributed by atoms with van der Waals surface area (Å²) >= 11 is 3.16. The van der Waals surface area contributed by atoms with Crippen LogP contribution in [-0.4, -0.2) is 31.2 Å². The number of nitrogens with zero attached hydrogens (tertiary/aromatic N) is 4. The second-order valence-corrected chi connectivity index (χ2v) is 9.63. The zero-order valence-electron chi connectivity index (χ0n) is 16.3. The highest BCUT2D eigenvalue weighted by Gasteiger charge is 2.24. The van der Waals surface area contributed by atoms with Gasteiger partial charge in [0.25, 0.3) is 0 Å². The molecule has 3 heterocycles. The van der Waals surface area contributed by atoms with Gasteiger partial charge in [0.05, 0.1) is 11.1 Å². The fraction of sp³-hybridized carbons (Fsp3) is 0.333. The van der Waals surface area contributed by atoms with Crippen LogP contribution in [0.2, 0.25) is 0 Å². The molecule has 0 saturated carbocycles. The molecule has 0 fully saturated rings. The van der Waals surface area contributed by atoms with Crippen LogP contribution in [0, 0.1) is 12.8 Å². The van der Waals surface area contributed by atoms with E-state index in [4.69, 9.17) is 0 Å². The molecular weight excluding hydrogens is 402 g/mol. The number of amides is 1. The van der Waals surface area contributed by atoms with Crippen LogP contribution in [0.25, 0.3) is 15.9 Å². The van der Waals surface area contributed by atoms with Crippen LogP contribution in [0.15, 0.2) is 35.7 Å². The maximum absolute atomic E-state index is 12.4. The number of anilines is 1. The monoisotopic (exact) mass is 423 g/mol. The third kappa shape index (κ3) is 3.40. The van der Waals surface area contributed by atoms with Gasteiger partial charge in [-0.15, -0.1) is 21.5 Å². The van der Waals surface area contributed by atoms with Gasteiger partial charge in [0.15, 0.2) is 10.8 Å². The molecule has 6 nitrogen and oxygen atoms in total. The van der Waals surface area contributed by atoms with E-state index in [1.807, 2.05) is 35.6 Å². The minimum absolute atomic E-state index is 0.0583. The van der Waals surface area contributed by atoms with Crippen molar-refractivity contribution >= 4 is 50.6 Å². The minimum atomic E-state index is -0.0583. The van der Waals surface area contributed by atoms with E-state index >= 15 is 0 Å². The van der Waals surface area contributed by atoms with E-state index in [-0.39, 0.29) is 11.7 Å². The van der Waals surface area contributed by atoms with Crippen molar-refractivity contribution in [2.45, 2.75) is 38.3 Å². The second kappa shape index (κ2) is 7.42. The van der Waals surface area contributed by atoms with Crippen LogP contribution in [0.3, 0.4) is 0 Å². The van der Waals surface area contributed by atoms with Crippen LogP contribution in [0.5, 0.6) is 0 Å². The summed E-state index contributed by atoms with van der Waals surface area (Å²) in [5, 5.41) is 13.6. The molecule has 1 aromatic carbocycles. The first-order chi connectivity index (χ1) is 14.1. The van der Waals surface area contributed by atoms with E-state index in [2.05, 4.69) is 27.4 Å². The molecule has 1 amide bonds. The Labute approximate surface area is 176 Å². The topological polar surface area (TPSA) is 72.2 Å². The number of aromatic nitrogens is 4. The van der Waals surface area contributed by atoms with E-state index < -0.39 is 0 Å². The molecule has 1 aliphatic carbocycles. The number of aryl methyl sites for hydroxylation is 2. The van der Waals surface area contributed by atoms with Gasteiger partial charge in [-0.1, -0.05) is 36.9 Å². The molecule has 1 aliphatic rings. The number of carbonyl (C=O) groups excluding carboxylic acids is 1. The molecule has 0 bridgehead atoms. The molecule has 29 heavy (non-hydrogen) atoms. The maximum Gasteiger partial charge on any atom is 0.234 e. The van der Waals surface area contributed by atoms with Crippen LogP contribution in [-0.2, 0) is 17.6 Å². The Kier molecular flexibility index (Phi) is 4.75. The quantitative estimate of drug-likeness (QED) is 0.489. The van der Waals surface area contributed by atoms with Crippen LogP contribution in [0.1, 0.15) is 29.3 Å². The van der Waals surface area contributed by atoms with Crippen molar-refractivity contribution in [1.29, 1.82) is 0 Å². The van der Waals surface area contributed by atoms with Gasteiger partial charge in [0, 0.05) is 10.6 Å². The number of benzene rings is 1. The molecule has 0 unspecified atom stereocenters. The number of thioether (sulfide) groups is 1. The summed E-state index contributed by atoms with van der Waals surface area (Å²) < 4.78 is 1.92. The molecule has 3 aromatic heterocycles. The van der Waals surface area contributed by atoms with Crippen LogP contribution >= 0.6 is 23.1 Å². The summed E-state index contributed by atoms with van der Waals surface area (Å²) in [6.45, 7) is 4.29. The molecule has 1 N–H and O–H groups in total. The molecular formula is C21H21N5OS2. The predicted octanol–water partition coefficient (Wildman–Crippen LogP) is 4.50. The Morgan fingerprint density at radius 3 is 3.07 bits per heavy atom. The number of rotatable bonds is 4. The van der Waals surface area contributed by atoms with Gasteiger partial charge in [0.1, 0.15) is 11.2 Å². The molecule has 0 spiro atoms. The van der Waals surface area contributed by atoms with E-state index in [1.165, 1.54) is 28.6 Å². The molecule has 0 saturated heterocycles. The molecule has 148 valence electrons. The maximum atomic E-state index is 12.4. The zero-order valence-corrected chi connectivity index (χ0v) is 17.9. The smallest absolute Gasteiger partial charge is 0.234 e. The molecule has 5 rings (SSSR count). The van der Waals surface area contributed by atoms with Gasteiger partial charge in [-0.2, -0.15) is 0 Å². The fourth-order valence-corrected chi connectivity index (χ4v) is 5.90. The average molecular weight is 424 g/mol. The van der Waals surface area contributed by atoms with E-state index in [9.17, 15) is 4.79 Å². The number of fused-ring (bicyclic) bond motifs is 5. The highest BCUT2D eigenvalue weighted by atomic mass is 32.2. The van der Waals surface area contributed by atoms with Gasteiger partial charge < -0.3 is 5.32 Å². The number of nitrogens with one attached hydrogen (secondary N) is 1. The van der Waals surface area contributed by atoms with Crippen molar-refractivity contribution in [3.05, 3.63) is 46.6 Å². The third-order valence-corrected chi connectivity index (χ3v) is 7.53. The summed E-state index contributed by atoms with van der Waals surface area (Å²) in [5.41, 5.74) is 4.12. The van der Waals surface area contributed by atoms with Gasteiger partial charge in [-0.25, -0.2) is 4.98 Å². The molecule has 1 atom stereocenters. The number of hydrogen-bond acceptors (Lipinski definition) is 6. The minimum Gasteiger partial charge on any atom is -0.325 e. The first-order valence-corrected chi connectivity index (χ1v) is 11.5. The van der Waals surface area contributed by atoms with Crippen molar-refractivity contribution in [1.82, 2.24) is 19.6 Å². The third-order valence-electron chi connectivity index (χ3n) is 5.42. The van der Waals surface area contributed by atoms with Crippen molar-refractivity contribution in [2.75, 3.05) is 11.1 Å². The summed E-state index contributed by atoms with van der Waals surface area (Å²) in [7, 11) is 0. The summed E-state index contributed by atoms with van der Waals surface area (Å²) in [6, 6.07) is 7.76. The Bertz CT molecular complexity index is 1230. The Morgan fingerprint density at radius 2 is 2.21 bits per heavy atom. The van der Waals surface area contributed by atoms with Crippen molar-refractivity contribution in [2.24, 2.45) is 5.92 Å². The molecule has 0 radical (unpaired) electrons. The highest BCUT2D eigenvalue weighted by Crippen LogP contribution is 2.39. The fourth-order valence-electron chi connectivity index (χ4n) is 3.85. The number of hydrogen-bond donors (Lipinski definition) is 1. The van der Waals surface area contributed by atoms with Gasteiger partial charge in [-0.05, 0) is 49.3 Å². The molecule has 4 aromatic rings. The Morgan fingerprint density at radius 1 is 1.34 bits per heavy atom. The standard InChI is InChI=1S/C21H21N5OS2/c1-12-7-8-14-16(9-12)29-20-18(14)19-24-25-21(26(19)11-22-20)28-10-17(27)23-15-6-4-3-5-13(15)2/h3-6,11-12H,7-10H2,1-2H3,(H,23,27)/t12-/m0/s1. The lowest BCUT2D eigenvalue weighted by molar-refractivity contribution is -0.113. The predicted molar refractivity (Wildman–Crippen MR) is 118 cm³/mol. The second-order valence-electron chi connectivity index (χ2n) is 7.60. The average Bonchev–Trinajstić information content (AvgIpc) is 3.28. The molecule has 8 heteroatoms. The number of carbonyl (C=O) groups is 1. The van der Waals surface area contributed by atoms with E-state index in [0.717, 1.165) is 45.9 Å². The van der Waals surface area contributed by atoms with Crippen molar-refractivity contribution < 1.29 is 4.79 Å². The first-order valence-electron chi connectivity index (χ1n) is 9.72. The van der Waals surface area contributed by atoms with E-state index in [0.29, 0.717) is 5.16 Å². The Balaban J connectivity index is 1.39. The lowest BCUT2D eigenvalue weighted by Gasteiger charge is -2.17. The summed E-state index contributed by atoms with van der Waals surface area (Å²) in [6.07, 6.45) is 5.18. The zero-order chi connectivity index (χ0) is 20.0. The van der Waals surface area contributed by atoms with Gasteiger partial charge >= 0.3 is 0 Å².